The number of carbonyl (C=O) groups is 1. The van der Waals surface area contributed by atoms with Crippen LogP contribution in [0.1, 0.15) is 29.8 Å². The summed E-state index contributed by atoms with van der Waals surface area (Å²) in [5, 5.41) is 2.86. The Hall–Kier alpha value is -1.55. The van der Waals surface area contributed by atoms with Crippen molar-refractivity contribution in [1.82, 2.24) is 5.32 Å². The van der Waals surface area contributed by atoms with Gasteiger partial charge in [-0.1, -0.05) is 12.1 Å². The number of aryl methyl sites for hydroxylation is 1. The number of benzene rings is 1. The van der Waals surface area contributed by atoms with Crippen LogP contribution in [0.25, 0.3) is 0 Å². The average Bonchev–Trinajstić information content (AvgIpc) is 2.29. The maximum absolute atomic E-state index is 11.9. The molecule has 94 valence electrons. The van der Waals surface area contributed by atoms with Gasteiger partial charge in [0, 0.05) is 18.3 Å². The van der Waals surface area contributed by atoms with Gasteiger partial charge in [0.05, 0.1) is 12.2 Å². The zero-order valence-corrected chi connectivity index (χ0v) is 10.6. The molecule has 0 bridgehead atoms. The molecule has 1 amide bonds. The normalized spacial score (nSPS) is 12.2. The smallest absolute Gasteiger partial charge is 0.253 e. The van der Waals surface area contributed by atoms with E-state index in [-0.39, 0.29) is 11.9 Å². The molecule has 0 fully saturated rings. The van der Waals surface area contributed by atoms with Crippen LogP contribution in [0.5, 0.6) is 0 Å². The van der Waals surface area contributed by atoms with Gasteiger partial charge in [-0.3, -0.25) is 4.79 Å². The molecule has 0 heterocycles. The Kier molecular flexibility index (Phi) is 4.97. The molecule has 1 aromatic carbocycles. The van der Waals surface area contributed by atoms with Crippen LogP contribution in [0.2, 0.25) is 0 Å². The van der Waals surface area contributed by atoms with E-state index >= 15 is 0 Å². The van der Waals surface area contributed by atoms with Gasteiger partial charge in [0.15, 0.2) is 0 Å². The number of carbonyl (C=O) groups excluding carboxylic acids is 1. The summed E-state index contributed by atoms with van der Waals surface area (Å²) in [6.45, 7) is 6.86. The summed E-state index contributed by atoms with van der Waals surface area (Å²) < 4.78 is 5.24. The lowest BCUT2D eigenvalue weighted by Crippen LogP contribution is -2.36. The van der Waals surface area contributed by atoms with Crippen molar-refractivity contribution in [2.75, 3.05) is 18.9 Å². The van der Waals surface area contributed by atoms with Gasteiger partial charge in [-0.05, 0) is 32.4 Å². The van der Waals surface area contributed by atoms with E-state index in [0.717, 1.165) is 5.56 Å². The van der Waals surface area contributed by atoms with Crippen molar-refractivity contribution >= 4 is 11.6 Å². The molecule has 1 aromatic rings. The third-order valence-corrected chi connectivity index (χ3v) is 2.52. The third-order valence-electron chi connectivity index (χ3n) is 2.52. The first-order valence-electron chi connectivity index (χ1n) is 5.80. The van der Waals surface area contributed by atoms with Crippen LogP contribution in [0.15, 0.2) is 18.2 Å². The lowest BCUT2D eigenvalue weighted by molar-refractivity contribution is 0.0873. The summed E-state index contributed by atoms with van der Waals surface area (Å²) in [5.74, 6) is -0.154. The maximum Gasteiger partial charge on any atom is 0.253 e. The minimum atomic E-state index is -0.154. The van der Waals surface area contributed by atoms with Crippen molar-refractivity contribution in [2.45, 2.75) is 26.8 Å². The molecule has 0 aliphatic rings. The molecule has 0 saturated carbocycles. The summed E-state index contributed by atoms with van der Waals surface area (Å²) in [6.07, 6.45) is 0. The van der Waals surface area contributed by atoms with E-state index in [2.05, 4.69) is 5.32 Å². The standard InChI is InChI=1S/C13H20N2O2/c1-4-17-8-10(3)15-13(16)11-7-5-6-9(2)12(11)14/h5-7,10H,4,8,14H2,1-3H3,(H,15,16). The molecule has 0 aliphatic heterocycles. The van der Waals surface area contributed by atoms with Crippen molar-refractivity contribution in [2.24, 2.45) is 0 Å². The molecule has 1 rings (SSSR count). The van der Waals surface area contributed by atoms with Crippen LogP contribution in [-0.2, 0) is 4.74 Å². The van der Waals surface area contributed by atoms with Gasteiger partial charge in [0.1, 0.15) is 0 Å². The van der Waals surface area contributed by atoms with Gasteiger partial charge in [-0.2, -0.15) is 0 Å². The second-order valence-corrected chi connectivity index (χ2v) is 4.07. The number of rotatable bonds is 5. The van der Waals surface area contributed by atoms with Crippen molar-refractivity contribution in [3.63, 3.8) is 0 Å². The number of nitrogens with two attached hydrogens (primary N) is 1. The fourth-order valence-corrected chi connectivity index (χ4v) is 1.52. The van der Waals surface area contributed by atoms with E-state index in [1.54, 1.807) is 6.07 Å². The molecule has 0 saturated heterocycles. The highest BCUT2D eigenvalue weighted by Gasteiger charge is 2.13. The van der Waals surface area contributed by atoms with Crippen LogP contribution >= 0.6 is 0 Å². The Morgan fingerprint density at radius 3 is 2.88 bits per heavy atom. The third kappa shape index (κ3) is 3.75. The van der Waals surface area contributed by atoms with Gasteiger partial charge in [0.25, 0.3) is 5.91 Å². The Bertz CT molecular complexity index is 391. The predicted molar refractivity (Wildman–Crippen MR) is 69.0 cm³/mol. The van der Waals surface area contributed by atoms with Crippen LogP contribution in [-0.4, -0.2) is 25.2 Å². The summed E-state index contributed by atoms with van der Waals surface area (Å²) in [7, 11) is 0. The second kappa shape index (κ2) is 6.25. The first-order valence-corrected chi connectivity index (χ1v) is 5.80. The molecular weight excluding hydrogens is 216 g/mol. The zero-order valence-electron chi connectivity index (χ0n) is 10.6. The monoisotopic (exact) mass is 236 g/mol. The molecule has 1 unspecified atom stereocenters. The fourth-order valence-electron chi connectivity index (χ4n) is 1.52. The van der Waals surface area contributed by atoms with Gasteiger partial charge in [-0.25, -0.2) is 0 Å². The zero-order chi connectivity index (χ0) is 12.8. The lowest BCUT2D eigenvalue weighted by Gasteiger charge is -2.15. The van der Waals surface area contributed by atoms with Crippen molar-refractivity contribution in [3.05, 3.63) is 29.3 Å². The predicted octanol–water partition coefficient (Wildman–Crippen LogP) is 1.73. The average molecular weight is 236 g/mol. The number of ether oxygens (including phenoxy) is 1. The molecule has 4 heteroatoms. The summed E-state index contributed by atoms with van der Waals surface area (Å²) >= 11 is 0. The first-order chi connectivity index (χ1) is 8.06. The van der Waals surface area contributed by atoms with E-state index in [9.17, 15) is 4.79 Å². The van der Waals surface area contributed by atoms with E-state index in [4.69, 9.17) is 10.5 Å². The summed E-state index contributed by atoms with van der Waals surface area (Å²) in [4.78, 5) is 11.9. The van der Waals surface area contributed by atoms with Crippen LogP contribution in [0, 0.1) is 6.92 Å². The number of nitrogens with one attached hydrogen (secondary N) is 1. The number of hydrogen-bond acceptors (Lipinski definition) is 3. The van der Waals surface area contributed by atoms with E-state index < -0.39 is 0 Å². The SMILES string of the molecule is CCOCC(C)NC(=O)c1cccc(C)c1N. The highest BCUT2D eigenvalue weighted by Crippen LogP contribution is 2.16. The van der Waals surface area contributed by atoms with Crippen LogP contribution in [0.3, 0.4) is 0 Å². The lowest BCUT2D eigenvalue weighted by atomic mass is 10.1. The number of amides is 1. The molecule has 4 nitrogen and oxygen atoms in total. The second-order valence-electron chi connectivity index (χ2n) is 4.07. The van der Waals surface area contributed by atoms with Crippen LogP contribution < -0.4 is 11.1 Å². The largest absolute Gasteiger partial charge is 0.398 e. The first kappa shape index (κ1) is 13.5. The molecule has 17 heavy (non-hydrogen) atoms. The van der Waals surface area contributed by atoms with Crippen molar-refractivity contribution in [1.29, 1.82) is 0 Å². The van der Waals surface area contributed by atoms with Crippen LogP contribution in [0.4, 0.5) is 5.69 Å². The van der Waals surface area contributed by atoms with Crippen molar-refractivity contribution in [3.8, 4) is 0 Å². The highest BCUT2D eigenvalue weighted by atomic mass is 16.5. The quantitative estimate of drug-likeness (QED) is 0.765. The van der Waals surface area contributed by atoms with E-state index in [1.165, 1.54) is 0 Å². The minimum absolute atomic E-state index is 0.0256. The van der Waals surface area contributed by atoms with Crippen molar-refractivity contribution < 1.29 is 9.53 Å². The Labute approximate surface area is 102 Å². The van der Waals surface area contributed by atoms with E-state index in [1.807, 2.05) is 32.9 Å². The number of hydrogen-bond donors (Lipinski definition) is 2. The Morgan fingerprint density at radius 1 is 1.53 bits per heavy atom. The summed E-state index contributed by atoms with van der Waals surface area (Å²) in [5.41, 5.74) is 7.84. The van der Waals surface area contributed by atoms with Gasteiger partial charge in [0.2, 0.25) is 0 Å². The minimum Gasteiger partial charge on any atom is -0.398 e. The van der Waals surface area contributed by atoms with Gasteiger partial charge < -0.3 is 15.8 Å². The highest BCUT2D eigenvalue weighted by molar-refractivity contribution is 5.99. The topological polar surface area (TPSA) is 64.3 Å². The number of anilines is 1. The Morgan fingerprint density at radius 2 is 2.24 bits per heavy atom. The van der Waals surface area contributed by atoms with Gasteiger partial charge in [-0.15, -0.1) is 0 Å². The van der Waals surface area contributed by atoms with E-state index in [0.29, 0.717) is 24.5 Å². The maximum atomic E-state index is 11.9. The number of nitrogen functional groups attached to an aromatic ring is 1. The molecule has 0 radical (unpaired) electrons. The van der Waals surface area contributed by atoms with Gasteiger partial charge >= 0.3 is 0 Å². The molecular formula is C13H20N2O2. The summed E-state index contributed by atoms with van der Waals surface area (Å²) in [6, 6.07) is 5.41. The molecule has 0 aliphatic carbocycles. The number of para-hydroxylation sites is 1. The molecule has 1 atom stereocenters. The Balaban J connectivity index is 2.67. The molecule has 0 spiro atoms. The molecule has 0 aromatic heterocycles. The molecule has 3 N–H and O–H groups in total. The fraction of sp³-hybridized carbons (Fsp3) is 0.462.